The molecule has 0 bridgehead atoms. The fourth-order valence-corrected chi connectivity index (χ4v) is 1.89. The molecule has 0 aliphatic carbocycles. The Kier molecular flexibility index (Phi) is 8.04. The number of aliphatic carboxylic acids is 2. The Labute approximate surface area is 146 Å². The molecule has 0 aromatic heterocycles. The first-order chi connectivity index (χ1) is 11.1. The number of carbonyl (C=O) groups is 4. The van der Waals surface area contributed by atoms with Gasteiger partial charge in [0.15, 0.2) is 0 Å². The van der Waals surface area contributed by atoms with E-state index in [9.17, 15) is 24.3 Å². The van der Waals surface area contributed by atoms with Gasteiger partial charge in [-0.15, -0.1) is 0 Å². The van der Waals surface area contributed by atoms with E-state index in [-0.39, 0.29) is 0 Å². The summed E-state index contributed by atoms with van der Waals surface area (Å²) in [6.07, 6.45) is -0.777. The number of hydrogen-bond acceptors (Lipinski definition) is 7. The largest absolute Gasteiger partial charge is 0.481 e. The van der Waals surface area contributed by atoms with Gasteiger partial charge in [-0.3, -0.25) is 24.1 Å². The minimum Gasteiger partial charge on any atom is -0.481 e. The summed E-state index contributed by atoms with van der Waals surface area (Å²) in [7, 11) is 0. The second kappa shape index (κ2) is 8.80. The summed E-state index contributed by atoms with van der Waals surface area (Å²) in [4.78, 5) is 47.2. The van der Waals surface area contributed by atoms with Gasteiger partial charge in [-0.2, -0.15) is 0 Å². The minimum absolute atomic E-state index is 0.555. The molecule has 0 amide bonds. The predicted octanol–water partition coefficient (Wildman–Crippen LogP) is 0.900. The molecule has 2 N–H and O–H groups in total. The first-order valence-electron chi connectivity index (χ1n) is 7.73. The molecule has 1 unspecified atom stereocenters. The van der Waals surface area contributed by atoms with E-state index in [1.54, 1.807) is 41.5 Å². The lowest BCUT2D eigenvalue weighted by atomic mass is 10.1. The van der Waals surface area contributed by atoms with Crippen molar-refractivity contribution in [2.24, 2.45) is 0 Å². The number of ether oxygens (including phenoxy) is 2. The van der Waals surface area contributed by atoms with Crippen LogP contribution in [0.25, 0.3) is 0 Å². The van der Waals surface area contributed by atoms with Crippen LogP contribution in [-0.4, -0.2) is 69.3 Å². The molecule has 0 aromatic carbocycles. The average molecular weight is 361 g/mol. The van der Waals surface area contributed by atoms with Crippen molar-refractivity contribution in [1.82, 2.24) is 4.90 Å². The van der Waals surface area contributed by atoms with Crippen molar-refractivity contribution in [3.63, 3.8) is 0 Å². The summed E-state index contributed by atoms with van der Waals surface area (Å²) in [6.45, 7) is 8.69. The van der Waals surface area contributed by atoms with Gasteiger partial charge in [0.2, 0.25) is 0 Å². The highest BCUT2D eigenvalue weighted by Crippen LogP contribution is 2.13. The smallest absolute Gasteiger partial charge is 0.321 e. The lowest BCUT2D eigenvalue weighted by molar-refractivity contribution is -0.164. The minimum atomic E-state index is -1.57. The predicted molar refractivity (Wildman–Crippen MR) is 86.9 cm³/mol. The van der Waals surface area contributed by atoms with Crippen LogP contribution >= 0.6 is 0 Å². The zero-order valence-corrected chi connectivity index (χ0v) is 15.5. The normalized spacial score (nSPS) is 13.2. The van der Waals surface area contributed by atoms with Gasteiger partial charge in [-0.05, 0) is 41.5 Å². The van der Waals surface area contributed by atoms with Crippen LogP contribution in [0.15, 0.2) is 0 Å². The van der Waals surface area contributed by atoms with Gasteiger partial charge in [0.1, 0.15) is 17.2 Å². The van der Waals surface area contributed by atoms with Crippen LogP contribution < -0.4 is 0 Å². The zero-order valence-electron chi connectivity index (χ0n) is 15.5. The molecule has 0 saturated heterocycles. The van der Waals surface area contributed by atoms with Crippen molar-refractivity contribution < 1.29 is 38.9 Å². The molecule has 0 heterocycles. The number of hydrogen-bond donors (Lipinski definition) is 2. The molecule has 9 nitrogen and oxygen atoms in total. The van der Waals surface area contributed by atoms with Crippen LogP contribution in [0.2, 0.25) is 0 Å². The van der Waals surface area contributed by atoms with E-state index in [0.29, 0.717) is 0 Å². The van der Waals surface area contributed by atoms with E-state index < -0.39 is 60.6 Å². The highest BCUT2D eigenvalue weighted by Gasteiger charge is 2.33. The molecular formula is C16H27NO8. The van der Waals surface area contributed by atoms with Crippen LogP contribution in [0.1, 0.15) is 48.0 Å². The Hall–Kier alpha value is -2.16. The van der Waals surface area contributed by atoms with Crippen molar-refractivity contribution in [3.8, 4) is 0 Å². The zero-order chi connectivity index (χ0) is 20.0. The molecule has 0 rings (SSSR count). The summed E-state index contributed by atoms with van der Waals surface area (Å²) < 4.78 is 10.2. The van der Waals surface area contributed by atoms with E-state index in [1.807, 2.05) is 0 Å². The third-order valence-corrected chi connectivity index (χ3v) is 2.60. The molecule has 25 heavy (non-hydrogen) atoms. The van der Waals surface area contributed by atoms with Crippen molar-refractivity contribution in [2.75, 3.05) is 13.1 Å². The third kappa shape index (κ3) is 11.1. The number of rotatable bonds is 8. The van der Waals surface area contributed by atoms with Crippen molar-refractivity contribution >= 4 is 23.9 Å². The number of carboxylic acid groups (broad SMARTS) is 2. The molecule has 144 valence electrons. The van der Waals surface area contributed by atoms with Crippen molar-refractivity contribution in [1.29, 1.82) is 0 Å². The van der Waals surface area contributed by atoms with E-state index >= 15 is 0 Å². The fraction of sp³-hybridized carbons (Fsp3) is 0.750. The second-order valence-corrected chi connectivity index (χ2v) is 7.53. The molecular weight excluding hydrogens is 334 g/mol. The lowest BCUT2D eigenvalue weighted by Crippen LogP contribution is -2.49. The standard InChI is InChI=1S/C16H27NO8/c1-15(2,3)24-12(20)8-17(9-13(21)25-16(4,5)6)10(14(22)23)7-11(18)19/h10H,7-9H2,1-6H3,(H,18,19)(H,22,23). The van der Waals surface area contributed by atoms with Crippen LogP contribution in [0, 0.1) is 0 Å². The number of esters is 2. The summed E-state index contributed by atoms with van der Waals surface area (Å²) in [5.41, 5.74) is -1.61. The SMILES string of the molecule is CC(C)(C)OC(=O)CN(CC(=O)OC(C)(C)C)C(CC(=O)O)C(=O)O. The van der Waals surface area contributed by atoms with Gasteiger partial charge in [-0.25, -0.2) is 0 Å². The average Bonchev–Trinajstić information content (AvgIpc) is 2.29. The summed E-state index contributed by atoms with van der Waals surface area (Å²) in [6, 6.07) is -1.57. The van der Waals surface area contributed by atoms with Crippen LogP contribution in [0.3, 0.4) is 0 Å². The van der Waals surface area contributed by atoms with Crippen LogP contribution in [-0.2, 0) is 28.7 Å². The maximum atomic E-state index is 12.0. The molecule has 0 saturated carbocycles. The lowest BCUT2D eigenvalue weighted by Gasteiger charge is -2.29. The Morgan fingerprint density at radius 3 is 1.44 bits per heavy atom. The maximum Gasteiger partial charge on any atom is 0.321 e. The van der Waals surface area contributed by atoms with Crippen molar-refractivity contribution in [3.05, 3.63) is 0 Å². The fourth-order valence-electron chi connectivity index (χ4n) is 1.89. The Bertz CT molecular complexity index is 485. The quantitative estimate of drug-likeness (QED) is 0.605. The molecule has 0 aliphatic heterocycles. The third-order valence-electron chi connectivity index (χ3n) is 2.60. The Balaban J connectivity index is 5.33. The summed E-state index contributed by atoms with van der Waals surface area (Å²) >= 11 is 0. The van der Waals surface area contributed by atoms with Gasteiger partial charge in [0, 0.05) is 0 Å². The number of nitrogens with zero attached hydrogens (tertiary/aromatic N) is 1. The van der Waals surface area contributed by atoms with Gasteiger partial charge in [-0.1, -0.05) is 0 Å². The molecule has 0 spiro atoms. The Morgan fingerprint density at radius 1 is 0.840 bits per heavy atom. The molecule has 0 radical (unpaired) electrons. The molecule has 9 heteroatoms. The van der Waals surface area contributed by atoms with E-state index in [1.165, 1.54) is 0 Å². The van der Waals surface area contributed by atoms with Crippen LogP contribution in [0.4, 0.5) is 0 Å². The first kappa shape index (κ1) is 22.8. The summed E-state index contributed by atoms with van der Waals surface area (Å²) in [5, 5.41) is 18.2. The van der Waals surface area contributed by atoms with E-state index in [4.69, 9.17) is 14.6 Å². The van der Waals surface area contributed by atoms with E-state index in [0.717, 1.165) is 4.90 Å². The highest BCUT2D eigenvalue weighted by atomic mass is 16.6. The monoisotopic (exact) mass is 361 g/mol. The van der Waals surface area contributed by atoms with Gasteiger partial charge in [0.25, 0.3) is 0 Å². The molecule has 0 fully saturated rings. The van der Waals surface area contributed by atoms with Crippen LogP contribution in [0.5, 0.6) is 0 Å². The number of carboxylic acids is 2. The van der Waals surface area contributed by atoms with Crippen molar-refractivity contribution in [2.45, 2.75) is 65.2 Å². The van der Waals surface area contributed by atoms with Gasteiger partial charge in [0.05, 0.1) is 19.5 Å². The molecule has 0 aliphatic rings. The van der Waals surface area contributed by atoms with Gasteiger partial charge >= 0.3 is 23.9 Å². The van der Waals surface area contributed by atoms with Gasteiger partial charge < -0.3 is 19.7 Å². The second-order valence-electron chi connectivity index (χ2n) is 7.53. The number of carbonyl (C=O) groups excluding carboxylic acids is 2. The topological polar surface area (TPSA) is 130 Å². The summed E-state index contributed by atoms with van der Waals surface area (Å²) in [5.74, 6) is -4.37. The first-order valence-corrected chi connectivity index (χ1v) is 7.73. The maximum absolute atomic E-state index is 12.0. The highest BCUT2D eigenvalue weighted by molar-refractivity contribution is 5.83. The molecule has 0 aromatic rings. The van der Waals surface area contributed by atoms with E-state index in [2.05, 4.69) is 0 Å². The Morgan fingerprint density at radius 2 is 1.20 bits per heavy atom. The molecule has 1 atom stereocenters.